The number of methoxy groups -OCH3 is 2. The molecule has 0 saturated carbocycles. The van der Waals surface area contributed by atoms with E-state index < -0.39 is 10.0 Å². The van der Waals surface area contributed by atoms with Gasteiger partial charge in [-0.2, -0.15) is 4.31 Å². The Balaban J connectivity index is 2.40. The molecule has 7 nitrogen and oxygen atoms in total. The molecule has 2 aromatic rings. The Morgan fingerprint density at radius 2 is 1.68 bits per heavy atom. The molecule has 8 heteroatoms. The van der Waals surface area contributed by atoms with Gasteiger partial charge in [-0.05, 0) is 31.5 Å². The summed E-state index contributed by atoms with van der Waals surface area (Å²) in [5.74, 6) is 0.360. The molecule has 0 bridgehead atoms. The van der Waals surface area contributed by atoms with Crippen LogP contribution in [0.4, 0.5) is 0 Å². The largest absolute Gasteiger partial charge is 0.493 e. The van der Waals surface area contributed by atoms with Crippen molar-refractivity contribution in [3.8, 4) is 11.5 Å². The summed E-state index contributed by atoms with van der Waals surface area (Å²) in [6, 6.07) is 13.4. The maximum absolute atomic E-state index is 13.3. The number of rotatable bonds is 9. The summed E-state index contributed by atoms with van der Waals surface area (Å²) >= 11 is 0. The lowest BCUT2D eigenvalue weighted by molar-refractivity contribution is -0.121. The average molecular weight is 407 g/mol. The van der Waals surface area contributed by atoms with Crippen molar-refractivity contribution in [1.82, 2.24) is 9.62 Å². The highest BCUT2D eigenvalue weighted by molar-refractivity contribution is 7.89. The average Bonchev–Trinajstić information content (AvgIpc) is 2.67. The zero-order valence-electron chi connectivity index (χ0n) is 16.5. The maximum Gasteiger partial charge on any atom is 0.243 e. The highest BCUT2D eigenvalue weighted by atomic mass is 32.2. The standard InChI is InChI=1S/C20H26N2O5S/c1-15(2)21-20(23)14-22(13-16-8-6-5-7-9-16)28(24,25)17-10-11-18(26-3)19(12-17)27-4/h5-12,15H,13-14H2,1-4H3,(H,21,23). The second-order valence-corrected chi connectivity index (χ2v) is 8.44. The Labute approximate surface area is 166 Å². The summed E-state index contributed by atoms with van der Waals surface area (Å²) in [5.41, 5.74) is 0.781. The van der Waals surface area contributed by atoms with Crippen molar-refractivity contribution in [1.29, 1.82) is 0 Å². The molecule has 0 fully saturated rings. The summed E-state index contributed by atoms with van der Waals surface area (Å²) in [7, 11) is -1.04. The first-order valence-electron chi connectivity index (χ1n) is 8.83. The fourth-order valence-corrected chi connectivity index (χ4v) is 4.07. The van der Waals surface area contributed by atoms with Gasteiger partial charge in [-0.25, -0.2) is 8.42 Å². The number of nitrogens with zero attached hydrogens (tertiary/aromatic N) is 1. The number of amides is 1. The summed E-state index contributed by atoms with van der Waals surface area (Å²) in [6.45, 7) is 3.43. The number of carbonyl (C=O) groups is 1. The Hall–Kier alpha value is -2.58. The highest BCUT2D eigenvalue weighted by Crippen LogP contribution is 2.31. The topological polar surface area (TPSA) is 84.9 Å². The molecule has 0 unspecified atom stereocenters. The zero-order valence-corrected chi connectivity index (χ0v) is 17.3. The molecule has 0 aliphatic rings. The maximum atomic E-state index is 13.3. The van der Waals surface area contributed by atoms with Crippen LogP contribution in [0.25, 0.3) is 0 Å². The normalized spacial score (nSPS) is 11.5. The molecule has 0 spiro atoms. The van der Waals surface area contributed by atoms with E-state index in [-0.39, 0.29) is 29.9 Å². The van der Waals surface area contributed by atoms with Crippen LogP contribution in [0.2, 0.25) is 0 Å². The minimum atomic E-state index is -3.95. The van der Waals surface area contributed by atoms with Gasteiger partial charge in [0.15, 0.2) is 11.5 Å². The number of nitrogens with one attached hydrogen (secondary N) is 1. The van der Waals surface area contributed by atoms with Crippen molar-refractivity contribution in [2.24, 2.45) is 0 Å². The number of carbonyl (C=O) groups excluding carboxylic acids is 1. The van der Waals surface area contributed by atoms with E-state index in [1.807, 2.05) is 44.2 Å². The molecule has 1 amide bonds. The number of hydrogen-bond acceptors (Lipinski definition) is 5. The van der Waals surface area contributed by atoms with Crippen molar-refractivity contribution >= 4 is 15.9 Å². The Bertz CT molecular complexity index is 898. The molecule has 152 valence electrons. The predicted octanol–water partition coefficient (Wildman–Crippen LogP) is 2.42. The predicted molar refractivity (Wildman–Crippen MR) is 107 cm³/mol. The molecular weight excluding hydrogens is 380 g/mol. The van der Waals surface area contributed by atoms with Gasteiger partial charge in [-0.1, -0.05) is 30.3 Å². The van der Waals surface area contributed by atoms with E-state index in [1.54, 1.807) is 0 Å². The first-order valence-corrected chi connectivity index (χ1v) is 10.3. The Morgan fingerprint density at radius 1 is 1.04 bits per heavy atom. The van der Waals surface area contributed by atoms with E-state index in [0.717, 1.165) is 9.87 Å². The van der Waals surface area contributed by atoms with E-state index in [0.29, 0.717) is 11.5 Å². The summed E-state index contributed by atoms with van der Waals surface area (Å²) < 4.78 is 38.1. The molecule has 2 rings (SSSR count). The summed E-state index contributed by atoms with van der Waals surface area (Å²) in [6.07, 6.45) is 0. The summed E-state index contributed by atoms with van der Waals surface area (Å²) in [4.78, 5) is 12.3. The monoisotopic (exact) mass is 406 g/mol. The highest BCUT2D eigenvalue weighted by Gasteiger charge is 2.28. The van der Waals surface area contributed by atoms with Crippen LogP contribution in [0.3, 0.4) is 0 Å². The van der Waals surface area contributed by atoms with Crippen molar-refractivity contribution in [3.63, 3.8) is 0 Å². The molecule has 0 aromatic heterocycles. The van der Waals surface area contributed by atoms with Crippen LogP contribution in [0, 0.1) is 0 Å². The van der Waals surface area contributed by atoms with Gasteiger partial charge in [0.2, 0.25) is 15.9 Å². The third-order valence-electron chi connectivity index (χ3n) is 3.96. The second-order valence-electron chi connectivity index (χ2n) is 6.50. The van der Waals surface area contributed by atoms with Gasteiger partial charge < -0.3 is 14.8 Å². The van der Waals surface area contributed by atoms with E-state index in [1.165, 1.54) is 32.4 Å². The quantitative estimate of drug-likeness (QED) is 0.691. The van der Waals surface area contributed by atoms with Gasteiger partial charge in [-0.3, -0.25) is 4.79 Å². The van der Waals surface area contributed by atoms with Crippen molar-refractivity contribution < 1.29 is 22.7 Å². The Morgan fingerprint density at radius 3 is 2.25 bits per heavy atom. The van der Waals surface area contributed by atoms with Crippen LogP contribution in [-0.4, -0.2) is 45.4 Å². The molecular formula is C20H26N2O5S. The smallest absolute Gasteiger partial charge is 0.243 e. The van der Waals surface area contributed by atoms with Gasteiger partial charge >= 0.3 is 0 Å². The first kappa shape index (κ1) is 21.7. The molecule has 0 radical (unpaired) electrons. The minimum absolute atomic E-state index is 0.0263. The van der Waals surface area contributed by atoms with Crippen LogP contribution in [0.1, 0.15) is 19.4 Å². The van der Waals surface area contributed by atoms with Crippen LogP contribution >= 0.6 is 0 Å². The lowest BCUT2D eigenvalue weighted by Crippen LogP contribution is -2.42. The van der Waals surface area contributed by atoms with E-state index in [2.05, 4.69) is 5.32 Å². The van der Waals surface area contributed by atoms with Gasteiger partial charge in [0.1, 0.15) is 0 Å². The van der Waals surface area contributed by atoms with Gasteiger partial charge in [0.05, 0.1) is 25.7 Å². The minimum Gasteiger partial charge on any atom is -0.493 e. The molecule has 0 saturated heterocycles. The van der Waals surface area contributed by atoms with Crippen molar-refractivity contribution in [3.05, 3.63) is 54.1 Å². The van der Waals surface area contributed by atoms with Crippen LogP contribution < -0.4 is 14.8 Å². The van der Waals surface area contributed by atoms with Crippen LogP contribution in [-0.2, 0) is 21.4 Å². The second kappa shape index (κ2) is 9.57. The number of sulfonamides is 1. The molecule has 2 aromatic carbocycles. The van der Waals surface area contributed by atoms with Crippen LogP contribution in [0.5, 0.6) is 11.5 Å². The molecule has 0 atom stereocenters. The molecule has 0 aliphatic heterocycles. The third-order valence-corrected chi connectivity index (χ3v) is 5.75. The SMILES string of the molecule is COc1ccc(S(=O)(=O)N(CC(=O)NC(C)C)Cc2ccccc2)cc1OC. The van der Waals surface area contributed by atoms with E-state index in [4.69, 9.17) is 9.47 Å². The van der Waals surface area contributed by atoms with E-state index >= 15 is 0 Å². The first-order chi connectivity index (χ1) is 13.3. The zero-order chi connectivity index (χ0) is 20.7. The van der Waals surface area contributed by atoms with Gasteiger partial charge in [-0.15, -0.1) is 0 Å². The molecule has 28 heavy (non-hydrogen) atoms. The summed E-state index contributed by atoms with van der Waals surface area (Å²) in [5, 5.41) is 2.73. The van der Waals surface area contributed by atoms with E-state index in [9.17, 15) is 13.2 Å². The van der Waals surface area contributed by atoms with Crippen molar-refractivity contribution in [2.45, 2.75) is 31.3 Å². The molecule has 0 heterocycles. The lowest BCUT2D eigenvalue weighted by atomic mass is 10.2. The fourth-order valence-electron chi connectivity index (χ4n) is 2.67. The van der Waals surface area contributed by atoms with Gasteiger partial charge in [0, 0.05) is 18.7 Å². The number of hydrogen-bond donors (Lipinski definition) is 1. The third kappa shape index (κ3) is 5.46. The van der Waals surface area contributed by atoms with Gasteiger partial charge in [0.25, 0.3) is 0 Å². The fraction of sp³-hybridized carbons (Fsp3) is 0.350. The van der Waals surface area contributed by atoms with Crippen molar-refractivity contribution in [2.75, 3.05) is 20.8 Å². The number of ether oxygens (including phenoxy) is 2. The molecule has 1 N–H and O–H groups in total. The number of benzene rings is 2. The molecule has 0 aliphatic carbocycles. The van der Waals surface area contributed by atoms with Crippen LogP contribution in [0.15, 0.2) is 53.4 Å². The Kier molecular flexibility index (Phi) is 7.42. The lowest BCUT2D eigenvalue weighted by Gasteiger charge is -2.23.